The van der Waals surface area contributed by atoms with Crippen molar-refractivity contribution in [3.63, 3.8) is 0 Å². The van der Waals surface area contributed by atoms with Crippen LogP contribution in [-0.4, -0.2) is 87.4 Å². The van der Waals surface area contributed by atoms with Gasteiger partial charge in [-0.2, -0.15) is 0 Å². The van der Waals surface area contributed by atoms with Crippen molar-refractivity contribution < 1.29 is 14.3 Å². The number of halogens is 1. The van der Waals surface area contributed by atoms with E-state index in [9.17, 15) is 4.79 Å². The van der Waals surface area contributed by atoms with E-state index in [1.165, 1.54) is 5.57 Å². The first-order valence-corrected chi connectivity index (χ1v) is 10.4. The van der Waals surface area contributed by atoms with Crippen LogP contribution >= 0.6 is 24.0 Å². The van der Waals surface area contributed by atoms with Crippen LogP contribution in [0.2, 0.25) is 0 Å². The van der Waals surface area contributed by atoms with Crippen molar-refractivity contribution in [1.29, 1.82) is 0 Å². The number of nitrogens with zero attached hydrogens (tertiary/aromatic N) is 3. The molecule has 0 aromatic rings. The minimum atomic E-state index is 0. The SMILES string of the molecule is CCNC(=NCCC1=CCOCC1)N1CCC(C(=O)N2CCOCC2)CC1.I. The summed E-state index contributed by atoms with van der Waals surface area (Å²) in [6, 6.07) is 0. The Labute approximate surface area is 185 Å². The van der Waals surface area contributed by atoms with Crippen LogP contribution in [0, 0.1) is 5.92 Å². The van der Waals surface area contributed by atoms with Crippen molar-refractivity contribution in [3.8, 4) is 0 Å². The van der Waals surface area contributed by atoms with Gasteiger partial charge in [0, 0.05) is 45.2 Å². The average Bonchev–Trinajstić information content (AvgIpc) is 2.74. The Morgan fingerprint density at radius 3 is 2.54 bits per heavy atom. The summed E-state index contributed by atoms with van der Waals surface area (Å²) in [5.74, 6) is 1.45. The molecule has 3 heterocycles. The van der Waals surface area contributed by atoms with Crippen LogP contribution in [0.15, 0.2) is 16.6 Å². The lowest BCUT2D eigenvalue weighted by Crippen LogP contribution is -2.50. The molecular weight excluding hydrogens is 471 g/mol. The van der Waals surface area contributed by atoms with Gasteiger partial charge in [-0.25, -0.2) is 0 Å². The summed E-state index contributed by atoms with van der Waals surface area (Å²) in [6.07, 6.45) is 6.03. The molecule has 0 radical (unpaired) electrons. The van der Waals surface area contributed by atoms with Gasteiger partial charge in [-0.3, -0.25) is 9.79 Å². The van der Waals surface area contributed by atoms with E-state index in [-0.39, 0.29) is 29.9 Å². The molecule has 2 saturated heterocycles. The highest BCUT2D eigenvalue weighted by molar-refractivity contribution is 14.0. The maximum atomic E-state index is 12.7. The summed E-state index contributed by atoms with van der Waals surface area (Å²) >= 11 is 0. The monoisotopic (exact) mass is 506 g/mol. The highest BCUT2D eigenvalue weighted by atomic mass is 127. The second-order valence-corrected chi connectivity index (χ2v) is 7.37. The van der Waals surface area contributed by atoms with E-state index < -0.39 is 0 Å². The number of carbonyl (C=O) groups excluding carboxylic acids is 1. The van der Waals surface area contributed by atoms with Gasteiger partial charge in [0.05, 0.1) is 26.4 Å². The Hall–Kier alpha value is -0.870. The second kappa shape index (κ2) is 12.6. The Bertz CT molecular complexity index is 542. The molecule has 0 aliphatic carbocycles. The molecule has 7 nitrogen and oxygen atoms in total. The maximum Gasteiger partial charge on any atom is 0.225 e. The molecule has 0 bridgehead atoms. The number of aliphatic imine (C=N–C) groups is 1. The van der Waals surface area contributed by atoms with Crippen LogP contribution in [-0.2, 0) is 14.3 Å². The number of guanidine groups is 1. The number of ether oxygens (including phenoxy) is 2. The molecule has 3 rings (SSSR count). The third-order valence-corrected chi connectivity index (χ3v) is 5.55. The first-order chi connectivity index (χ1) is 13.3. The molecule has 0 spiro atoms. The molecule has 2 fully saturated rings. The van der Waals surface area contributed by atoms with E-state index in [4.69, 9.17) is 14.5 Å². The quantitative estimate of drug-likeness (QED) is 0.267. The molecule has 3 aliphatic heterocycles. The standard InChI is InChI=1S/C20H34N4O3.HI/c1-2-21-20(22-8-3-17-6-13-26-14-7-17)24-9-4-18(5-10-24)19(25)23-11-15-27-16-12-23;/h6,18H,2-5,7-16H2,1H3,(H,21,22);1H. The summed E-state index contributed by atoms with van der Waals surface area (Å²) in [7, 11) is 0. The molecule has 0 unspecified atom stereocenters. The van der Waals surface area contributed by atoms with Gasteiger partial charge in [-0.15, -0.1) is 24.0 Å². The minimum Gasteiger partial charge on any atom is -0.378 e. The van der Waals surface area contributed by atoms with Crippen molar-refractivity contribution in [2.75, 3.05) is 65.7 Å². The first-order valence-electron chi connectivity index (χ1n) is 10.4. The number of rotatable bonds is 5. The molecule has 8 heteroatoms. The zero-order valence-electron chi connectivity index (χ0n) is 17.0. The highest BCUT2D eigenvalue weighted by Gasteiger charge is 2.30. The Morgan fingerprint density at radius 1 is 1.14 bits per heavy atom. The number of morpholine rings is 1. The summed E-state index contributed by atoms with van der Waals surface area (Å²) in [6.45, 7) is 9.95. The van der Waals surface area contributed by atoms with Crippen molar-refractivity contribution in [2.45, 2.75) is 32.6 Å². The fraction of sp³-hybridized carbons (Fsp3) is 0.800. The van der Waals surface area contributed by atoms with Crippen LogP contribution in [0.1, 0.15) is 32.6 Å². The van der Waals surface area contributed by atoms with E-state index in [1.807, 2.05) is 4.90 Å². The number of hydrogen-bond donors (Lipinski definition) is 1. The molecule has 0 saturated carbocycles. The van der Waals surface area contributed by atoms with Gasteiger partial charge in [-0.1, -0.05) is 11.6 Å². The average molecular weight is 506 g/mol. The Balaban J connectivity index is 0.00000280. The predicted octanol–water partition coefficient (Wildman–Crippen LogP) is 1.88. The van der Waals surface area contributed by atoms with Gasteiger partial charge in [0.15, 0.2) is 5.96 Å². The first kappa shape index (κ1) is 23.4. The second-order valence-electron chi connectivity index (χ2n) is 7.37. The number of piperidine rings is 1. The topological polar surface area (TPSA) is 66.4 Å². The number of carbonyl (C=O) groups is 1. The molecule has 1 N–H and O–H groups in total. The van der Waals surface area contributed by atoms with E-state index in [1.54, 1.807) is 0 Å². The van der Waals surface area contributed by atoms with Crippen LogP contribution in [0.5, 0.6) is 0 Å². The Morgan fingerprint density at radius 2 is 1.89 bits per heavy atom. The third-order valence-electron chi connectivity index (χ3n) is 5.55. The van der Waals surface area contributed by atoms with Crippen LogP contribution < -0.4 is 5.32 Å². The maximum absolute atomic E-state index is 12.7. The van der Waals surface area contributed by atoms with Crippen molar-refractivity contribution >= 4 is 35.8 Å². The number of nitrogens with one attached hydrogen (secondary N) is 1. The Kier molecular flexibility index (Phi) is 10.6. The lowest BCUT2D eigenvalue weighted by molar-refractivity contribution is -0.140. The predicted molar refractivity (Wildman–Crippen MR) is 121 cm³/mol. The van der Waals surface area contributed by atoms with Crippen LogP contribution in [0.3, 0.4) is 0 Å². The van der Waals surface area contributed by atoms with E-state index >= 15 is 0 Å². The normalized spacial score (nSPS) is 21.8. The molecule has 160 valence electrons. The van der Waals surface area contributed by atoms with Crippen molar-refractivity contribution in [1.82, 2.24) is 15.1 Å². The fourth-order valence-corrected chi connectivity index (χ4v) is 3.90. The number of hydrogen-bond acceptors (Lipinski definition) is 4. The number of likely N-dealkylation sites (tertiary alicyclic amines) is 1. The molecule has 3 aliphatic rings. The zero-order valence-corrected chi connectivity index (χ0v) is 19.4. The number of amides is 1. The van der Waals surface area contributed by atoms with Crippen molar-refractivity contribution in [2.24, 2.45) is 10.9 Å². The highest BCUT2D eigenvalue weighted by Crippen LogP contribution is 2.20. The van der Waals surface area contributed by atoms with Gasteiger partial charge >= 0.3 is 0 Å². The molecule has 0 aromatic carbocycles. The molecule has 28 heavy (non-hydrogen) atoms. The van der Waals surface area contributed by atoms with Gasteiger partial charge in [-0.05, 0) is 32.6 Å². The minimum absolute atomic E-state index is 0. The summed E-state index contributed by atoms with van der Waals surface area (Å²) < 4.78 is 10.7. The lowest BCUT2D eigenvalue weighted by atomic mass is 9.95. The van der Waals surface area contributed by atoms with Crippen molar-refractivity contribution in [3.05, 3.63) is 11.6 Å². The molecule has 0 aromatic heterocycles. The summed E-state index contributed by atoms with van der Waals surface area (Å²) in [5, 5.41) is 3.42. The smallest absolute Gasteiger partial charge is 0.225 e. The van der Waals surface area contributed by atoms with Gasteiger partial charge < -0.3 is 24.6 Å². The summed E-state index contributed by atoms with van der Waals surface area (Å²) in [5.41, 5.74) is 1.45. The molecular formula is C20H35IN4O3. The van der Waals surface area contributed by atoms with E-state index in [0.717, 1.165) is 84.1 Å². The van der Waals surface area contributed by atoms with Crippen LogP contribution in [0.4, 0.5) is 0 Å². The largest absolute Gasteiger partial charge is 0.378 e. The third kappa shape index (κ3) is 6.88. The van der Waals surface area contributed by atoms with Gasteiger partial charge in [0.25, 0.3) is 0 Å². The zero-order chi connectivity index (χ0) is 18.9. The lowest BCUT2D eigenvalue weighted by Gasteiger charge is -2.36. The fourth-order valence-electron chi connectivity index (χ4n) is 3.90. The summed E-state index contributed by atoms with van der Waals surface area (Å²) in [4.78, 5) is 21.8. The van der Waals surface area contributed by atoms with Crippen LogP contribution in [0.25, 0.3) is 0 Å². The van der Waals surface area contributed by atoms with E-state index in [0.29, 0.717) is 19.1 Å². The van der Waals surface area contributed by atoms with Gasteiger partial charge in [0.2, 0.25) is 5.91 Å². The van der Waals surface area contributed by atoms with Gasteiger partial charge in [0.1, 0.15) is 0 Å². The van der Waals surface area contributed by atoms with E-state index in [2.05, 4.69) is 23.2 Å². The molecule has 1 amide bonds. The molecule has 0 atom stereocenters.